The van der Waals surface area contributed by atoms with Crippen molar-refractivity contribution in [1.82, 2.24) is 10.2 Å². The van der Waals surface area contributed by atoms with Crippen molar-refractivity contribution in [2.75, 3.05) is 19.6 Å². The Hall–Kier alpha value is -0.280. The van der Waals surface area contributed by atoms with E-state index in [4.69, 9.17) is 0 Å². The first-order valence-corrected chi connectivity index (χ1v) is 5.79. The van der Waals surface area contributed by atoms with Crippen molar-refractivity contribution in [3.8, 4) is 0 Å². The zero-order valence-corrected chi connectivity index (χ0v) is 10.2. The molecule has 2 saturated heterocycles. The van der Waals surface area contributed by atoms with Gasteiger partial charge in [0.2, 0.25) is 5.91 Å². The van der Waals surface area contributed by atoms with Crippen LogP contribution in [0, 0.1) is 5.92 Å². The Balaban J connectivity index is 0.00000112. The number of amides is 1. The summed E-state index contributed by atoms with van der Waals surface area (Å²) in [6.45, 7) is 5.17. The number of rotatable bonds is 1. The minimum absolute atomic E-state index is 0. The van der Waals surface area contributed by atoms with Crippen LogP contribution in [-0.4, -0.2) is 36.5 Å². The first-order valence-electron chi connectivity index (χ1n) is 5.79. The molecule has 1 amide bonds. The summed E-state index contributed by atoms with van der Waals surface area (Å²) in [5.41, 5.74) is 0. The maximum Gasteiger partial charge on any atom is 0.225 e. The van der Waals surface area contributed by atoms with E-state index in [0.29, 0.717) is 17.9 Å². The fraction of sp³-hybridized carbons (Fsp3) is 0.909. The Morgan fingerprint density at radius 3 is 2.60 bits per heavy atom. The van der Waals surface area contributed by atoms with Gasteiger partial charge in [-0.2, -0.15) is 0 Å². The van der Waals surface area contributed by atoms with Gasteiger partial charge < -0.3 is 10.2 Å². The Morgan fingerprint density at radius 2 is 2.00 bits per heavy atom. The number of hydrogen-bond donors (Lipinski definition) is 1. The predicted molar refractivity (Wildman–Crippen MR) is 63.3 cm³/mol. The summed E-state index contributed by atoms with van der Waals surface area (Å²) in [6.07, 6.45) is 4.45. The molecule has 0 bridgehead atoms. The highest BCUT2D eigenvalue weighted by Crippen LogP contribution is 2.21. The largest absolute Gasteiger partial charge is 0.342 e. The highest BCUT2D eigenvalue weighted by Gasteiger charge is 2.29. The molecule has 2 atom stereocenters. The summed E-state index contributed by atoms with van der Waals surface area (Å²) in [5, 5.41) is 3.39. The van der Waals surface area contributed by atoms with Crippen LogP contribution in [-0.2, 0) is 4.79 Å². The molecule has 2 fully saturated rings. The molecule has 3 nitrogen and oxygen atoms in total. The number of likely N-dealkylation sites (tertiary alicyclic amines) is 1. The average molecular weight is 233 g/mol. The van der Waals surface area contributed by atoms with Gasteiger partial charge in [0.05, 0.1) is 0 Å². The zero-order valence-electron chi connectivity index (χ0n) is 9.37. The second-order valence-electron chi connectivity index (χ2n) is 4.61. The van der Waals surface area contributed by atoms with Gasteiger partial charge in [-0.25, -0.2) is 0 Å². The van der Waals surface area contributed by atoms with Gasteiger partial charge in [-0.1, -0.05) is 0 Å². The van der Waals surface area contributed by atoms with Gasteiger partial charge in [0, 0.05) is 25.0 Å². The summed E-state index contributed by atoms with van der Waals surface area (Å²) in [6, 6.07) is 0.514. The van der Waals surface area contributed by atoms with E-state index in [1.165, 1.54) is 12.8 Å². The van der Waals surface area contributed by atoms with Gasteiger partial charge in [0.1, 0.15) is 0 Å². The van der Waals surface area contributed by atoms with E-state index in [1.54, 1.807) is 0 Å². The number of carbonyl (C=O) groups excluding carboxylic acids is 1. The molecular formula is C11H21ClN2O. The maximum absolute atomic E-state index is 12.0. The highest BCUT2D eigenvalue weighted by atomic mass is 35.5. The molecule has 0 unspecified atom stereocenters. The van der Waals surface area contributed by atoms with Gasteiger partial charge in [-0.15, -0.1) is 12.4 Å². The quantitative estimate of drug-likeness (QED) is 0.742. The molecule has 2 aliphatic rings. The van der Waals surface area contributed by atoms with Gasteiger partial charge in [-0.05, 0) is 39.2 Å². The molecule has 0 aliphatic carbocycles. The van der Waals surface area contributed by atoms with E-state index in [9.17, 15) is 4.79 Å². The summed E-state index contributed by atoms with van der Waals surface area (Å²) >= 11 is 0. The lowest BCUT2D eigenvalue weighted by Crippen LogP contribution is -2.43. The molecule has 0 spiro atoms. The van der Waals surface area contributed by atoms with E-state index in [1.807, 2.05) is 0 Å². The normalized spacial score (nSPS) is 31.1. The molecule has 0 aromatic heterocycles. The molecule has 2 heterocycles. The van der Waals surface area contributed by atoms with E-state index in [2.05, 4.69) is 17.1 Å². The monoisotopic (exact) mass is 232 g/mol. The third-order valence-electron chi connectivity index (χ3n) is 3.39. The molecule has 4 heteroatoms. The smallest absolute Gasteiger partial charge is 0.225 e. The zero-order chi connectivity index (χ0) is 9.97. The van der Waals surface area contributed by atoms with E-state index < -0.39 is 0 Å². The molecule has 0 aromatic carbocycles. The van der Waals surface area contributed by atoms with E-state index in [-0.39, 0.29) is 12.4 Å². The lowest BCUT2D eigenvalue weighted by atomic mass is 9.92. The van der Waals surface area contributed by atoms with Crippen molar-refractivity contribution in [2.45, 2.75) is 38.6 Å². The van der Waals surface area contributed by atoms with Crippen molar-refractivity contribution in [2.24, 2.45) is 5.92 Å². The van der Waals surface area contributed by atoms with Crippen molar-refractivity contribution < 1.29 is 4.79 Å². The average Bonchev–Trinajstić information content (AvgIpc) is 2.69. The van der Waals surface area contributed by atoms with Gasteiger partial charge >= 0.3 is 0 Å². The first-order chi connectivity index (χ1) is 6.77. The molecule has 0 aromatic rings. The van der Waals surface area contributed by atoms with Crippen LogP contribution in [0.2, 0.25) is 0 Å². The topological polar surface area (TPSA) is 32.3 Å². The molecule has 0 radical (unpaired) electrons. The highest BCUT2D eigenvalue weighted by molar-refractivity contribution is 5.85. The summed E-state index contributed by atoms with van der Waals surface area (Å²) in [4.78, 5) is 14.1. The minimum Gasteiger partial charge on any atom is -0.342 e. The Labute approximate surface area is 98.0 Å². The second-order valence-corrected chi connectivity index (χ2v) is 4.61. The molecule has 15 heavy (non-hydrogen) atoms. The first kappa shape index (κ1) is 12.8. The number of halogens is 1. The van der Waals surface area contributed by atoms with Crippen molar-refractivity contribution in [3.63, 3.8) is 0 Å². The van der Waals surface area contributed by atoms with Crippen LogP contribution in [0.15, 0.2) is 0 Å². The van der Waals surface area contributed by atoms with Crippen LogP contribution in [0.5, 0.6) is 0 Å². The van der Waals surface area contributed by atoms with Crippen molar-refractivity contribution in [1.29, 1.82) is 0 Å². The van der Waals surface area contributed by atoms with Crippen LogP contribution in [0.3, 0.4) is 0 Å². The van der Waals surface area contributed by atoms with Gasteiger partial charge in [-0.3, -0.25) is 4.79 Å². The number of nitrogens with zero attached hydrogens (tertiary/aromatic N) is 1. The van der Waals surface area contributed by atoms with Gasteiger partial charge in [0.15, 0.2) is 0 Å². The molecule has 2 aliphatic heterocycles. The minimum atomic E-state index is 0. The van der Waals surface area contributed by atoms with E-state index >= 15 is 0 Å². The molecular weight excluding hydrogens is 212 g/mol. The molecule has 0 saturated carbocycles. The standard InChI is InChI=1S/C11H20N2O.ClH/c1-9-8-10(4-5-12-9)11(14)13-6-2-3-7-13;/h9-10,12H,2-8H2,1H3;1H/t9-,10-;/m0./s1. The second kappa shape index (κ2) is 5.71. The van der Waals surface area contributed by atoms with Crippen molar-refractivity contribution in [3.05, 3.63) is 0 Å². The Bertz CT molecular complexity index is 217. The predicted octanol–water partition coefficient (Wildman–Crippen LogP) is 1.42. The third kappa shape index (κ3) is 3.08. The molecule has 1 N–H and O–H groups in total. The summed E-state index contributed by atoms with van der Waals surface area (Å²) in [5.74, 6) is 0.709. The number of hydrogen-bond acceptors (Lipinski definition) is 2. The Kier molecular flexibility index (Phi) is 4.87. The fourth-order valence-electron chi connectivity index (χ4n) is 2.55. The summed E-state index contributed by atoms with van der Waals surface area (Å²) in [7, 11) is 0. The third-order valence-corrected chi connectivity index (χ3v) is 3.39. The van der Waals surface area contributed by atoms with Crippen LogP contribution in [0.1, 0.15) is 32.6 Å². The number of carbonyl (C=O) groups is 1. The summed E-state index contributed by atoms with van der Waals surface area (Å²) < 4.78 is 0. The maximum atomic E-state index is 12.0. The van der Waals surface area contributed by atoms with Gasteiger partial charge in [0.25, 0.3) is 0 Å². The van der Waals surface area contributed by atoms with Crippen LogP contribution < -0.4 is 5.32 Å². The van der Waals surface area contributed by atoms with Crippen molar-refractivity contribution >= 4 is 18.3 Å². The fourth-order valence-corrected chi connectivity index (χ4v) is 2.55. The Morgan fingerprint density at radius 1 is 1.33 bits per heavy atom. The number of piperidine rings is 1. The van der Waals surface area contributed by atoms with Crippen LogP contribution in [0.4, 0.5) is 0 Å². The lowest BCUT2D eigenvalue weighted by molar-refractivity contribution is -0.135. The molecule has 2 rings (SSSR count). The molecule has 88 valence electrons. The SMILES string of the molecule is C[C@H]1C[C@@H](C(=O)N2CCCC2)CCN1.Cl. The van der Waals surface area contributed by atoms with Crippen LogP contribution in [0.25, 0.3) is 0 Å². The van der Waals surface area contributed by atoms with E-state index in [0.717, 1.165) is 32.5 Å². The number of nitrogens with one attached hydrogen (secondary N) is 1. The lowest BCUT2D eigenvalue weighted by Gasteiger charge is -2.30. The van der Waals surface area contributed by atoms with Crippen LogP contribution >= 0.6 is 12.4 Å².